The minimum atomic E-state index is -2.10. The van der Waals surface area contributed by atoms with Crippen LogP contribution in [0.15, 0.2) is 22.6 Å². The van der Waals surface area contributed by atoms with Crippen LogP contribution in [0.4, 0.5) is 23.2 Å². The molecule has 0 aliphatic carbocycles. The number of nitrogens with zero attached hydrogens (tertiary/aromatic N) is 3. The second kappa shape index (κ2) is 14.2. The number of aliphatic carboxylic acids is 3. The van der Waals surface area contributed by atoms with Crippen LogP contribution >= 0.6 is 0 Å². The summed E-state index contributed by atoms with van der Waals surface area (Å²) >= 11 is 0. The van der Waals surface area contributed by atoms with Crippen LogP contribution in [0.1, 0.15) is 0 Å². The van der Waals surface area contributed by atoms with Crippen LogP contribution in [-0.4, -0.2) is 102 Å². The van der Waals surface area contributed by atoms with Gasteiger partial charge in [0, 0.05) is 12.1 Å². The molecular formula is C25H23F4N3O10. The Hall–Kier alpha value is -4.77. The monoisotopic (exact) mass is 601 g/mol. The maximum Gasteiger partial charge on any atom is 0.323 e. The molecule has 0 radical (unpaired) electrons. The Labute approximate surface area is 233 Å². The standard InChI is InChI=1S/C25H23F4N3O10/c26-19-20(27)22(29)24-23(21(19)28)30-25(42-24)13-1-2-14(32(11-17(36)37)12-18(38)39)15(9-13)41-8-7-40-6-4-31(3-5-33)10-16(34)35/h1-2,5,9H,3-4,6-8,10-12H2,(H,34,35)(H,36,37)(H,38,39). The lowest BCUT2D eigenvalue weighted by Gasteiger charge is -2.24. The first-order chi connectivity index (χ1) is 19.9. The predicted octanol–water partition coefficient (Wildman–Crippen LogP) is 2.01. The van der Waals surface area contributed by atoms with Gasteiger partial charge in [-0.15, -0.1) is 0 Å². The number of aldehydes is 1. The van der Waals surface area contributed by atoms with Crippen molar-refractivity contribution in [1.29, 1.82) is 0 Å². The number of hydrogen-bond donors (Lipinski definition) is 3. The van der Waals surface area contributed by atoms with Gasteiger partial charge < -0.3 is 38.9 Å². The number of fused-ring (bicyclic) bond motifs is 1. The van der Waals surface area contributed by atoms with Gasteiger partial charge in [-0.05, 0) is 18.2 Å². The Bertz CT molecular complexity index is 1420. The number of carbonyl (C=O) groups is 4. The number of rotatable bonds is 17. The fraction of sp³-hybridized carbons (Fsp3) is 0.320. The highest BCUT2D eigenvalue weighted by molar-refractivity contribution is 5.83. The molecule has 1 heterocycles. The van der Waals surface area contributed by atoms with Gasteiger partial charge in [0.25, 0.3) is 0 Å². The van der Waals surface area contributed by atoms with Gasteiger partial charge in [0.2, 0.25) is 17.5 Å². The van der Waals surface area contributed by atoms with E-state index in [4.69, 9.17) is 19.0 Å². The van der Waals surface area contributed by atoms with Gasteiger partial charge in [0.15, 0.2) is 22.7 Å². The molecule has 0 aliphatic rings. The fourth-order valence-corrected chi connectivity index (χ4v) is 3.75. The maximum absolute atomic E-state index is 14.2. The fourth-order valence-electron chi connectivity index (χ4n) is 3.75. The number of carbonyl (C=O) groups excluding carboxylic acids is 1. The van der Waals surface area contributed by atoms with E-state index in [1.807, 2.05) is 0 Å². The van der Waals surface area contributed by atoms with Crippen molar-refractivity contribution in [3.05, 3.63) is 41.5 Å². The number of oxazole rings is 1. The van der Waals surface area contributed by atoms with Crippen molar-refractivity contribution in [3.8, 4) is 17.2 Å². The topological polar surface area (TPSA) is 180 Å². The lowest BCUT2D eigenvalue weighted by atomic mass is 10.1. The van der Waals surface area contributed by atoms with Crippen LogP contribution in [-0.2, 0) is 23.9 Å². The summed E-state index contributed by atoms with van der Waals surface area (Å²) < 4.78 is 71.8. The molecule has 0 bridgehead atoms. The molecule has 0 fully saturated rings. The molecule has 0 saturated carbocycles. The largest absolute Gasteiger partial charge is 0.489 e. The highest BCUT2D eigenvalue weighted by Gasteiger charge is 2.26. The van der Waals surface area contributed by atoms with E-state index < -0.39 is 71.3 Å². The average molecular weight is 601 g/mol. The summed E-state index contributed by atoms with van der Waals surface area (Å²) in [6, 6.07) is 3.63. The third kappa shape index (κ3) is 7.91. The minimum Gasteiger partial charge on any atom is -0.489 e. The van der Waals surface area contributed by atoms with Crippen molar-refractivity contribution in [2.45, 2.75) is 0 Å². The van der Waals surface area contributed by atoms with Gasteiger partial charge in [0.05, 0.1) is 32.0 Å². The van der Waals surface area contributed by atoms with Crippen molar-refractivity contribution in [2.75, 3.05) is 57.4 Å². The smallest absolute Gasteiger partial charge is 0.323 e. The highest BCUT2D eigenvalue weighted by Crippen LogP contribution is 2.36. The van der Waals surface area contributed by atoms with E-state index in [0.717, 1.165) is 4.90 Å². The molecule has 17 heteroatoms. The molecule has 13 nitrogen and oxygen atoms in total. The van der Waals surface area contributed by atoms with Crippen molar-refractivity contribution in [3.63, 3.8) is 0 Å². The summed E-state index contributed by atoms with van der Waals surface area (Å²) in [5, 5.41) is 27.4. The van der Waals surface area contributed by atoms with Gasteiger partial charge in [-0.1, -0.05) is 0 Å². The van der Waals surface area contributed by atoms with Crippen LogP contribution in [0, 0.1) is 23.3 Å². The molecule has 2 aromatic carbocycles. The molecule has 0 spiro atoms. The van der Waals surface area contributed by atoms with E-state index in [9.17, 15) is 47.0 Å². The third-order valence-electron chi connectivity index (χ3n) is 5.54. The molecule has 0 atom stereocenters. The summed E-state index contributed by atoms with van der Waals surface area (Å²) in [5.41, 5.74) is -1.97. The molecule has 3 aromatic rings. The number of benzene rings is 2. The van der Waals surface area contributed by atoms with Gasteiger partial charge in [-0.2, -0.15) is 4.39 Å². The van der Waals surface area contributed by atoms with Crippen LogP contribution in [0.3, 0.4) is 0 Å². The van der Waals surface area contributed by atoms with E-state index in [2.05, 4.69) is 4.98 Å². The molecule has 0 unspecified atom stereocenters. The number of carboxylic acid groups (broad SMARTS) is 3. The van der Waals surface area contributed by atoms with Crippen molar-refractivity contribution in [1.82, 2.24) is 9.88 Å². The normalized spacial score (nSPS) is 11.2. The average Bonchev–Trinajstić information content (AvgIpc) is 3.37. The van der Waals surface area contributed by atoms with Gasteiger partial charge in [-0.3, -0.25) is 19.3 Å². The molecule has 0 saturated heterocycles. The van der Waals surface area contributed by atoms with Crippen molar-refractivity contribution < 1.29 is 66.0 Å². The Balaban J connectivity index is 1.86. The molecular weight excluding hydrogens is 578 g/mol. The molecule has 42 heavy (non-hydrogen) atoms. The number of anilines is 1. The summed E-state index contributed by atoms with van der Waals surface area (Å²) in [5.74, 6) is -12.3. The number of ether oxygens (including phenoxy) is 2. The van der Waals surface area contributed by atoms with Crippen molar-refractivity contribution >= 4 is 41.0 Å². The Kier molecular flexibility index (Phi) is 10.8. The van der Waals surface area contributed by atoms with E-state index in [0.29, 0.717) is 6.29 Å². The summed E-state index contributed by atoms with van der Waals surface area (Å²) in [4.78, 5) is 50.3. The second-order valence-corrected chi connectivity index (χ2v) is 8.54. The van der Waals surface area contributed by atoms with E-state index in [1.165, 1.54) is 23.1 Å². The Morgan fingerprint density at radius 3 is 2.14 bits per heavy atom. The van der Waals surface area contributed by atoms with E-state index >= 15 is 0 Å². The number of hydrogen-bond acceptors (Lipinski definition) is 10. The van der Waals surface area contributed by atoms with Crippen LogP contribution in [0.25, 0.3) is 22.6 Å². The SMILES string of the molecule is O=CCN(CCOCCOc1cc(-c2nc3c(F)c(F)c(F)c(F)c3o2)ccc1N(CC(=O)O)CC(=O)O)CC(=O)O. The number of aromatic nitrogens is 1. The molecule has 226 valence electrons. The highest BCUT2D eigenvalue weighted by atomic mass is 19.2. The predicted molar refractivity (Wildman–Crippen MR) is 133 cm³/mol. The van der Waals surface area contributed by atoms with Crippen molar-refractivity contribution in [2.24, 2.45) is 0 Å². The first kappa shape index (κ1) is 31.8. The van der Waals surface area contributed by atoms with Gasteiger partial charge >= 0.3 is 17.9 Å². The van der Waals surface area contributed by atoms with Crippen LogP contribution in [0.5, 0.6) is 5.75 Å². The molecule has 0 amide bonds. The van der Waals surface area contributed by atoms with Gasteiger partial charge in [-0.25, -0.2) is 18.2 Å². The lowest BCUT2D eigenvalue weighted by Crippen LogP contribution is -2.35. The molecule has 0 aliphatic heterocycles. The van der Waals surface area contributed by atoms with Crippen LogP contribution < -0.4 is 9.64 Å². The second-order valence-electron chi connectivity index (χ2n) is 8.54. The number of carboxylic acids is 3. The third-order valence-corrected chi connectivity index (χ3v) is 5.54. The summed E-state index contributed by atoms with van der Waals surface area (Å²) in [6.45, 7) is -2.23. The first-order valence-electron chi connectivity index (χ1n) is 12.0. The van der Waals surface area contributed by atoms with Crippen LogP contribution in [0.2, 0.25) is 0 Å². The molecule has 3 N–H and O–H groups in total. The van der Waals surface area contributed by atoms with E-state index in [-0.39, 0.29) is 56.5 Å². The summed E-state index contributed by atoms with van der Waals surface area (Å²) in [7, 11) is 0. The Morgan fingerprint density at radius 1 is 0.881 bits per heavy atom. The quantitative estimate of drug-likeness (QED) is 0.0673. The van der Waals surface area contributed by atoms with Gasteiger partial charge in [0.1, 0.15) is 31.7 Å². The zero-order valence-electron chi connectivity index (χ0n) is 21.5. The number of halogens is 4. The Morgan fingerprint density at radius 2 is 1.52 bits per heavy atom. The zero-order chi connectivity index (χ0) is 31.0. The maximum atomic E-state index is 14.2. The molecule has 3 rings (SSSR count). The lowest BCUT2D eigenvalue weighted by molar-refractivity contribution is -0.139. The van der Waals surface area contributed by atoms with E-state index in [1.54, 1.807) is 0 Å². The first-order valence-corrected chi connectivity index (χ1v) is 12.0. The minimum absolute atomic E-state index is 0.00861. The summed E-state index contributed by atoms with van der Waals surface area (Å²) in [6.07, 6.45) is 0.535. The zero-order valence-corrected chi connectivity index (χ0v) is 21.5. The molecule has 1 aromatic heterocycles.